The van der Waals surface area contributed by atoms with E-state index < -0.39 is 10.7 Å². The Morgan fingerprint density at radius 3 is 2.58 bits per heavy atom. The summed E-state index contributed by atoms with van der Waals surface area (Å²) >= 11 is 0. The third-order valence-electron chi connectivity index (χ3n) is 2.61. The zero-order valence-electron chi connectivity index (χ0n) is 10.5. The van der Waals surface area contributed by atoms with E-state index >= 15 is 0 Å². The lowest BCUT2D eigenvalue weighted by atomic mass is 10.0. The maximum atomic E-state index is 13.4. The van der Waals surface area contributed by atoms with Crippen molar-refractivity contribution in [1.82, 2.24) is 0 Å². The molecular weight excluding hydrogens is 253 g/mol. The predicted octanol–water partition coefficient (Wildman–Crippen LogP) is 2.60. The Bertz CT molecular complexity index is 513. The topological polar surface area (TPSA) is 77.3 Å². The van der Waals surface area contributed by atoms with Gasteiger partial charge in [-0.25, -0.2) is 4.39 Å². The lowest BCUT2D eigenvalue weighted by Gasteiger charge is -2.03. The van der Waals surface area contributed by atoms with Gasteiger partial charge in [0.05, 0.1) is 4.92 Å². The summed E-state index contributed by atoms with van der Waals surface area (Å²) in [6, 6.07) is 3.10. The number of hydrogen-bond acceptors (Lipinski definition) is 4. The zero-order valence-corrected chi connectivity index (χ0v) is 10.5. The highest BCUT2D eigenvalue weighted by Gasteiger charge is 2.13. The second-order valence-corrected chi connectivity index (χ2v) is 4.30. The van der Waals surface area contributed by atoms with E-state index in [0.717, 1.165) is 18.2 Å². The van der Waals surface area contributed by atoms with Crippen LogP contribution in [0.15, 0.2) is 18.2 Å². The number of carbonyl (C=O) groups is 2. The van der Waals surface area contributed by atoms with Crippen molar-refractivity contribution >= 4 is 17.3 Å². The fourth-order valence-electron chi connectivity index (χ4n) is 1.65. The SMILES string of the molecule is CC(=O)CCCC(=O)Cc1cc([N+](=O)[O-])ccc1F. The average molecular weight is 267 g/mol. The van der Waals surface area contributed by atoms with Crippen molar-refractivity contribution in [3.05, 3.63) is 39.7 Å². The van der Waals surface area contributed by atoms with E-state index in [2.05, 4.69) is 0 Å². The summed E-state index contributed by atoms with van der Waals surface area (Å²) in [6.07, 6.45) is 0.709. The van der Waals surface area contributed by atoms with Gasteiger partial charge in [0.25, 0.3) is 5.69 Å². The summed E-state index contributed by atoms with van der Waals surface area (Å²) < 4.78 is 13.4. The molecule has 6 heteroatoms. The van der Waals surface area contributed by atoms with Crippen molar-refractivity contribution in [3.8, 4) is 0 Å². The molecule has 1 aromatic rings. The van der Waals surface area contributed by atoms with Crippen molar-refractivity contribution in [3.63, 3.8) is 0 Å². The molecule has 0 saturated heterocycles. The van der Waals surface area contributed by atoms with Crippen molar-refractivity contribution in [2.24, 2.45) is 0 Å². The lowest BCUT2D eigenvalue weighted by molar-refractivity contribution is -0.385. The summed E-state index contributed by atoms with van der Waals surface area (Å²) in [6.45, 7) is 1.44. The molecule has 0 bridgehead atoms. The number of ketones is 2. The molecule has 0 fully saturated rings. The van der Waals surface area contributed by atoms with Crippen molar-refractivity contribution < 1.29 is 18.9 Å². The van der Waals surface area contributed by atoms with E-state index in [-0.39, 0.29) is 35.7 Å². The molecule has 0 aliphatic carbocycles. The molecule has 0 spiro atoms. The predicted molar refractivity (Wildman–Crippen MR) is 66.3 cm³/mol. The van der Waals surface area contributed by atoms with Gasteiger partial charge in [0, 0.05) is 37.0 Å². The van der Waals surface area contributed by atoms with E-state index in [9.17, 15) is 24.1 Å². The highest BCUT2D eigenvalue weighted by atomic mass is 19.1. The van der Waals surface area contributed by atoms with Crippen LogP contribution in [0.2, 0.25) is 0 Å². The molecule has 0 radical (unpaired) electrons. The molecule has 0 aromatic heterocycles. The van der Waals surface area contributed by atoms with Crippen LogP contribution in [0.1, 0.15) is 31.7 Å². The van der Waals surface area contributed by atoms with E-state index in [1.807, 2.05) is 0 Å². The smallest absolute Gasteiger partial charge is 0.269 e. The first-order valence-corrected chi connectivity index (χ1v) is 5.84. The number of hydrogen-bond donors (Lipinski definition) is 0. The Labute approximate surface area is 109 Å². The number of halogens is 1. The zero-order chi connectivity index (χ0) is 14.4. The number of nitro benzene ring substituents is 1. The van der Waals surface area contributed by atoms with Crippen LogP contribution in [0.25, 0.3) is 0 Å². The van der Waals surface area contributed by atoms with Gasteiger partial charge in [-0.2, -0.15) is 0 Å². The van der Waals surface area contributed by atoms with Crippen LogP contribution in [0.5, 0.6) is 0 Å². The number of rotatable bonds is 7. The van der Waals surface area contributed by atoms with Gasteiger partial charge in [-0.05, 0) is 19.4 Å². The monoisotopic (exact) mass is 267 g/mol. The Balaban J connectivity index is 2.65. The highest BCUT2D eigenvalue weighted by Crippen LogP contribution is 2.18. The van der Waals surface area contributed by atoms with Crippen LogP contribution < -0.4 is 0 Å². The second kappa shape index (κ2) is 6.72. The summed E-state index contributed by atoms with van der Waals surface area (Å²) in [4.78, 5) is 32.2. The van der Waals surface area contributed by atoms with Gasteiger partial charge in [0.15, 0.2) is 0 Å². The maximum Gasteiger partial charge on any atom is 0.269 e. The fourth-order valence-corrected chi connectivity index (χ4v) is 1.65. The quantitative estimate of drug-likeness (QED) is 0.562. The summed E-state index contributed by atoms with van der Waals surface area (Å²) in [7, 11) is 0. The van der Waals surface area contributed by atoms with Crippen LogP contribution in [-0.2, 0) is 16.0 Å². The van der Waals surface area contributed by atoms with E-state index in [1.165, 1.54) is 6.92 Å². The summed E-state index contributed by atoms with van der Waals surface area (Å²) in [5, 5.41) is 10.6. The number of benzene rings is 1. The molecule has 1 rings (SSSR count). The minimum atomic E-state index is -0.636. The minimum absolute atomic E-state index is 0.00525. The third kappa shape index (κ3) is 4.95. The first-order chi connectivity index (χ1) is 8.90. The number of carbonyl (C=O) groups excluding carboxylic acids is 2. The highest BCUT2D eigenvalue weighted by molar-refractivity contribution is 5.82. The molecule has 0 N–H and O–H groups in total. The van der Waals surface area contributed by atoms with Crippen LogP contribution >= 0.6 is 0 Å². The fraction of sp³-hybridized carbons (Fsp3) is 0.385. The van der Waals surface area contributed by atoms with Gasteiger partial charge in [-0.1, -0.05) is 0 Å². The van der Waals surface area contributed by atoms with Crippen molar-refractivity contribution in [2.45, 2.75) is 32.6 Å². The standard InChI is InChI=1S/C13H14FNO4/c1-9(16)3-2-4-12(17)8-10-7-11(15(18)19)5-6-13(10)14/h5-7H,2-4,8H2,1H3. The Morgan fingerprint density at radius 2 is 2.00 bits per heavy atom. The molecule has 0 aliphatic heterocycles. The Morgan fingerprint density at radius 1 is 1.32 bits per heavy atom. The Kier molecular flexibility index (Phi) is 5.29. The minimum Gasteiger partial charge on any atom is -0.300 e. The molecule has 0 atom stereocenters. The maximum absolute atomic E-state index is 13.4. The van der Waals surface area contributed by atoms with Gasteiger partial charge in [0.1, 0.15) is 17.4 Å². The molecule has 19 heavy (non-hydrogen) atoms. The van der Waals surface area contributed by atoms with Crippen LogP contribution in [0, 0.1) is 15.9 Å². The number of non-ortho nitro benzene ring substituents is 1. The normalized spacial score (nSPS) is 10.2. The largest absolute Gasteiger partial charge is 0.300 e. The van der Waals surface area contributed by atoms with Gasteiger partial charge in [-0.15, -0.1) is 0 Å². The van der Waals surface area contributed by atoms with E-state index in [4.69, 9.17) is 0 Å². The summed E-state index contributed by atoms with van der Waals surface area (Å²) in [5.41, 5.74) is -0.227. The summed E-state index contributed by atoms with van der Waals surface area (Å²) in [5.74, 6) is -0.875. The molecule has 0 aliphatic rings. The molecule has 5 nitrogen and oxygen atoms in total. The van der Waals surface area contributed by atoms with Gasteiger partial charge < -0.3 is 4.79 Å². The van der Waals surface area contributed by atoms with Crippen LogP contribution in [0.4, 0.5) is 10.1 Å². The van der Waals surface area contributed by atoms with Gasteiger partial charge in [0.2, 0.25) is 0 Å². The molecule has 0 amide bonds. The Hall–Kier alpha value is -2.11. The second-order valence-electron chi connectivity index (χ2n) is 4.30. The number of nitro groups is 1. The molecular formula is C13H14FNO4. The first-order valence-electron chi connectivity index (χ1n) is 5.84. The van der Waals surface area contributed by atoms with E-state index in [0.29, 0.717) is 12.8 Å². The van der Waals surface area contributed by atoms with Crippen LogP contribution in [0.3, 0.4) is 0 Å². The van der Waals surface area contributed by atoms with Gasteiger partial charge in [-0.3, -0.25) is 14.9 Å². The number of Topliss-reactive ketones (excluding diaryl/α,β-unsaturated/α-hetero) is 2. The first kappa shape index (κ1) is 14.9. The number of nitrogens with zero attached hydrogens (tertiary/aromatic N) is 1. The molecule has 0 saturated carbocycles. The van der Waals surface area contributed by atoms with Crippen molar-refractivity contribution in [1.29, 1.82) is 0 Å². The third-order valence-corrected chi connectivity index (χ3v) is 2.61. The average Bonchev–Trinajstić information content (AvgIpc) is 2.31. The molecule has 0 heterocycles. The molecule has 1 aromatic carbocycles. The van der Waals surface area contributed by atoms with E-state index in [1.54, 1.807) is 0 Å². The molecule has 0 unspecified atom stereocenters. The van der Waals surface area contributed by atoms with Gasteiger partial charge >= 0.3 is 0 Å². The molecule has 102 valence electrons. The lowest BCUT2D eigenvalue weighted by Crippen LogP contribution is -2.06. The van der Waals surface area contributed by atoms with Crippen molar-refractivity contribution in [2.75, 3.05) is 0 Å². The van der Waals surface area contributed by atoms with Crippen LogP contribution in [-0.4, -0.2) is 16.5 Å².